The lowest BCUT2D eigenvalue weighted by Crippen LogP contribution is -2.29. The molecular formula is C17H17Br2NO. The van der Waals surface area contributed by atoms with E-state index in [0.29, 0.717) is 6.04 Å². The smallest absolute Gasteiger partial charge is 0.124 e. The molecule has 2 aromatic rings. The molecule has 1 N–H and O–H groups in total. The number of hydrogen-bond acceptors (Lipinski definition) is 2. The number of fused-ring (bicyclic) bond motifs is 1. The zero-order valence-corrected chi connectivity index (χ0v) is 14.9. The number of nitrogens with one attached hydrogen (secondary N) is 1. The molecule has 1 unspecified atom stereocenters. The highest BCUT2D eigenvalue weighted by atomic mass is 79.9. The first-order valence-corrected chi connectivity index (χ1v) is 8.66. The molecule has 4 heteroatoms. The van der Waals surface area contributed by atoms with E-state index < -0.39 is 0 Å². The first-order valence-electron chi connectivity index (χ1n) is 7.07. The van der Waals surface area contributed by atoms with Gasteiger partial charge in [-0.2, -0.15) is 0 Å². The standard InChI is InChI=1S/C17H17Br2NO/c1-11(12-3-2-4-13(18)9-12)20-16-7-8-21-17-6-5-14(19)10-15(16)17/h2-6,9-11,16,20H,7-8H2,1H3/t11-,16?/m0/s1. The van der Waals surface area contributed by atoms with Gasteiger partial charge >= 0.3 is 0 Å². The highest BCUT2D eigenvalue weighted by Gasteiger charge is 2.23. The molecule has 0 radical (unpaired) electrons. The lowest BCUT2D eigenvalue weighted by molar-refractivity contribution is 0.246. The van der Waals surface area contributed by atoms with Crippen molar-refractivity contribution in [3.05, 3.63) is 62.5 Å². The third-order valence-corrected chi connectivity index (χ3v) is 4.80. The van der Waals surface area contributed by atoms with Crippen LogP contribution < -0.4 is 10.1 Å². The molecular weight excluding hydrogens is 394 g/mol. The highest BCUT2D eigenvalue weighted by molar-refractivity contribution is 9.10. The van der Waals surface area contributed by atoms with Gasteiger partial charge in [0.25, 0.3) is 0 Å². The maximum atomic E-state index is 5.75. The maximum absolute atomic E-state index is 5.75. The van der Waals surface area contributed by atoms with Crippen molar-refractivity contribution in [2.24, 2.45) is 0 Å². The van der Waals surface area contributed by atoms with Crippen LogP contribution in [0.25, 0.3) is 0 Å². The van der Waals surface area contributed by atoms with Crippen molar-refractivity contribution in [2.45, 2.75) is 25.4 Å². The lowest BCUT2D eigenvalue weighted by atomic mass is 9.98. The molecule has 2 atom stereocenters. The monoisotopic (exact) mass is 409 g/mol. The molecule has 2 aromatic carbocycles. The Kier molecular flexibility index (Phi) is 4.67. The molecule has 0 aliphatic carbocycles. The second kappa shape index (κ2) is 6.51. The van der Waals surface area contributed by atoms with E-state index >= 15 is 0 Å². The van der Waals surface area contributed by atoms with Crippen LogP contribution in [0.5, 0.6) is 5.75 Å². The van der Waals surface area contributed by atoms with E-state index in [-0.39, 0.29) is 6.04 Å². The van der Waals surface area contributed by atoms with E-state index in [1.165, 1.54) is 11.1 Å². The summed E-state index contributed by atoms with van der Waals surface area (Å²) in [5.41, 5.74) is 2.52. The van der Waals surface area contributed by atoms with Gasteiger partial charge in [-0.1, -0.05) is 44.0 Å². The van der Waals surface area contributed by atoms with Crippen LogP contribution in [0.15, 0.2) is 51.4 Å². The second-order valence-electron chi connectivity index (χ2n) is 5.32. The van der Waals surface area contributed by atoms with E-state index in [2.05, 4.69) is 74.4 Å². The molecule has 1 aliphatic rings. The molecule has 110 valence electrons. The fraction of sp³-hybridized carbons (Fsp3) is 0.294. The third kappa shape index (κ3) is 3.50. The van der Waals surface area contributed by atoms with Gasteiger partial charge in [0.05, 0.1) is 6.61 Å². The van der Waals surface area contributed by atoms with E-state index in [0.717, 1.165) is 27.7 Å². The van der Waals surface area contributed by atoms with Crippen LogP contribution in [0.3, 0.4) is 0 Å². The SMILES string of the molecule is C[C@H](NC1CCOc2ccc(Br)cc21)c1cccc(Br)c1. The largest absolute Gasteiger partial charge is 0.493 e. The van der Waals surface area contributed by atoms with Gasteiger partial charge in [0, 0.05) is 33.0 Å². The minimum Gasteiger partial charge on any atom is -0.493 e. The number of benzene rings is 2. The van der Waals surface area contributed by atoms with Crippen molar-refractivity contribution in [2.75, 3.05) is 6.61 Å². The molecule has 0 saturated carbocycles. The summed E-state index contributed by atoms with van der Waals surface area (Å²) < 4.78 is 7.95. The van der Waals surface area contributed by atoms with E-state index in [1.807, 2.05) is 12.1 Å². The maximum Gasteiger partial charge on any atom is 0.124 e. The minimum absolute atomic E-state index is 0.289. The molecule has 1 heterocycles. The van der Waals surface area contributed by atoms with Crippen molar-refractivity contribution in [3.63, 3.8) is 0 Å². The average Bonchev–Trinajstić information content (AvgIpc) is 2.48. The summed E-state index contributed by atoms with van der Waals surface area (Å²) >= 11 is 7.09. The summed E-state index contributed by atoms with van der Waals surface area (Å²) in [4.78, 5) is 0. The lowest BCUT2D eigenvalue weighted by Gasteiger charge is -2.29. The summed E-state index contributed by atoms with van der Waals surface area (Å²) in [5.74, 6) is 0.989. The average molecular weight is 411 g/mol. The number of ether oxygens (including phenoxy) is 1. The summed E-state index contributed by atoms with van der Waals surface area (Å²) in [7, 11) is 0. The molecule has 0 bridgehead atoms. The third-order valence-electron chi connectivity index (χ3n) is 3.81. The Balaban J connectivity index is 1.81. The van der Waals surface area contributed by atoms with Crippen molar-refractivity contribution in [1.82, 2.24) is 5.32 Å². The normalized spacial score (nSPS) is 18.7. The van der Waals surface area contributed by atoms with Crippen molar-refractivity contribution >= 4 is 31.9 Å². The van der Waals surface area contributed by atoms with Crippen LogP contribution in [-0.4, -0.2) is 6.61 Å². The molecule has 0 spiro atoms. The molecule has 1 aliphatic heterocycles. The predicted octanol–water partition coefficient (Wildman–Crippen LogP) is 5.39. The van der Waals surface area contributed by atoms with Gasteiger partial charge in [0.2, 0.25) is 0 Å². The van der Waals surface area contributed by atoms with Crippen LogP contribution in [0.1, 0.15) is 36.6 Å². The zero-order valence-electron chi connectivity index (χ0n) is 11.8. The fourth-order valence-corrected chi connectivity index (χ4v) is 3.51. The molecule has 21 heavy (non-hydrogen) atoms. The van der Waals surface area contributed by atoms with Gasteiger partial charge in [-0.3, -0.25) is 0 Å². The summed E-state index contributed by atoms with van der Waals surface area (Å²) in [6.07, 6.45) is 0.988. The first kappa shape index (κ1) is 15.1. The van der Waals surface area contributed by atoms with E-state index in [1.54, 1.807) is 0 Å². The number of halogens is 2. The molecule has 2 nitrogen and oxygen atoms in total. The van der Waals surface area contributed by atoms with Crippen molar-refractivity contribution in [1.29, 1.82) is 0 Å². The number of rotatable bonds is 3. The Bertz CT molecular complexity index is 644. The van der Waals surface area contributed by atoms with Crippen LogP contribution in [0.2, 0.25) is 0 Å². The Morgan fingerprint density at radius 3 is 2.76 bits per heavy atom. The molecule has 0 fully saturated rings. The van der Waals surface area contributed by atoms with Gasteiger partial charge in [-0.25, -0.2) is 0 Å². The Morgan fingerprint density at radius 2 is 1.95 bits per heavy atom. The van der Waals surface area contributed by atoms with Gasteiger partial charge in [-0.15, -0.1) is 0 Å². The highest BCUT2D eigenvalue weighted by Crippen LogP contribution is 2.35. The summed E-state index contributed by atoms with van der Waals surface area (Å²) in [6, 6.07) is 15.3. The first-order chi connectivity index (χ1) is 10.1. The Morgan fingerprint density at radius 1 is 1.14 bits per heavy atom. The van der Waals surface area contributed by atoms with E-state index in [9.17, 15) is 0 Å². The quantitative estimate of drug-likeness (QED) is 0.732. The Labute approximate surface area is 142 Å². The second-order valence-corrected chi connectivity index (χ2v) is 7.15. The summed E-state index contributed by atoms with van der Waals surface area (Å²) in [5, 5.41) is 3.72. The fourth-order valence-electron chi connectivity index (χ4n) is 2.71. The van der Waals surface area contributed by atoms with Crippen LogP contribution >= 0.6 is 31.9 Å². The van der Waals surface area contributed by atoms with Crippen LogP contribution in [-0.2, 0) is 0 Å². The van der Waals surface area contributed by atoms with Gasteiger partial charge in [0.15, 0.2) is 0 Å². The van der Waals surface area contributed by atoms with Gasteiger partial charge < -0.3 is 10.1 Å². The van der Waals surface area contributed by atoms with Crippen LogP contribution in [0, 0.1) is 0 Å². The molecule has 3 rings (SSSR count). The molecule has 0 aromatic heterocycles. The van der Waals surface area contributed by atoms with Gasteiger partial charge in [-0.05, 0) is 42.8 Å². The number of hydrogen-bond donors (Lipinski definition) is 1. The minimum atomic E-state index is 0.289. The van der Waals surface area contributed by atoms with Crippen molar-refractivity contribution < 1.29 is 4.74 Å². The Hall–Kier alpha value is -0.840. The molecule has 0 saturated heterocycles. The molecule has 0 amide bonds. The predicted molar refractivity (Wildman–Crippen MR) is 92.7 cm³/mol. The van der Waals surface area contributed by atoms with Crippen molar-refractivity contribution in [3.8, 4) is 5.75 Å². The van der Waals surface area contributed by atoms with Crippen LogP contribution in [0.4, 0.5) is 0 Å². The van der Waals surface area contributed by atoms with E-state index in [4.69, 9.17) is 4.74 Å². The van der Waals surface area contributed by atoms with Gasteiger partial charge in [0.1, 0.15) is 5.75 Å². The zero-order chi connectivity index (χ0) is 14.8. The summed E-state index contributed by atoms with van der Waals surface area (Å²) in [6.45, 7) is 2.96. The topological polar surface area (TPSA) is 21.3 Å².